The Morgan fingerprint density at radius 1 is 1.11 bits per heavy atom. The van der Waals surface area contributed by atoms with E-state index in [1.54, 1.807) is 0 Å². The quantitative estimate of drug-likeness (QED) is 0.816. The Hall–Kier alpha value is -0.120. The number of nitrogens with zero attached hydrogens (tertiary/aromatic N) is 2. The van der Waals surface area contributed by atoms with Gasteiger partial charge in [0.05, 0.1) is 0 Å². The molecule has 3 heteroatoms. The Bertz CT molecular complexity index is 267. The molecule has 0 bridgehead atoms. The van der Waals surface area contributed by atoms with E-state index in [0.29, 0.717) is 23.5 Å². The molecule has 2 unspecified atom stereocenters. The van der Waals surface area contributed by atoms with E-state index in [0.717, 1.165) is 0 Å². The standard InChI is InChI=1S/C15H31N3/c1-12(2)17-8-10-18(11-9-17)13-6-5-7-15(3,4)14(13)16/h12-14H,5-11,16H2,1-4H3. The Morgan fingerprint density at radius 2 is 1.72 bits per heavy atom. The lowest BCUT2D eigenvalue weighted by Crippen LogP contribution is -2.61. The lowest BCUT2D eigenvalue weighted by molar-refractivity contribution is 0.0241. The Morgan fingerprint density at radius 3 is 2.28 bits per heavy atom. The van der Waals surface area contributed by atoms with Gasteiger partial charge in [0.2, 0.25) is 0 Å². The van der Waals surface area contributed by atoms with Gasteiger partial charge in [-0.2, -0.15) is 0 Å². The molecule has 2 N–H and O–H groups in total. The monoisotopic (exact) mass is 253 g/mol. The normalized spacial score (nSPS) is 35.0. The third kappa shape index (κ3) is 2.89. The van der Waals surface area contributed by atoms with Gasteiger partial charge in [0, 0.05) is 44.3 Å². The summed E-state index contributed by atoms with van der Waals surface area (Å²) in [5, 5.41) is 0. The predicted octanol–water partition coefficient (Wildman–Crippen LogP) is 1.92. The van der Waals surface area contributed by atoms with Gasteiger partial charge in [-0.1, -0.05) is 20.3 Å². The van der Waals surface area contributed by atoms with Gasteiger partial charge < -0.3 is 5.73 Å². The molecule has 0 spiro atoms. The highest BCUT2D eigenvalue weighted by Gasteiger charge is 2.39. The maximum absolute atomic E-state index is 6.53. The summed E-state index contributed by atoms with van der Waals surface area (Å²) in [6, 6.07) is 1.64. The highest BCUT2D eigenvalue weighted by Crippen LogP contribution is 2.36. The lowest BCUT2D eigenvalue weighted by atomic mass is 9.70. The fraction of sp³-hybridized carbons (Fsp3) is 1.00. The molecular weight excluding hydrogens is 222 g/mol. The molecule has 1 saturated carbocycles. The van der Waals surface area contributed by atoms with Crippen LogP contribution >= 0.6 is 0 Å². The summed E-state index contributed by atoms with van der Waals surface area (Å²) in [7, 11) is 0. The molecule has 0 aromatic carbocycles. The van der Waals surface area contributed by atoms with E-state index in [-0.39, 0.29) is 0 Å². The molecule has 1 aliphatic carbocycles. The fourth-order valence-corrected chi connectivity index (χ4v) is 3.63. The summed E-state index contributed by atoms with van der Waals surface area (Å²) in [6.45, 7) is 14.1. The number of piperazine rings is 1. The number of nitrogens with two attached hydrogens (primary N) is 1. The molecule has 106 valence electrons. The zero-order chi connectivity index (χ0) is 13.3. The third-order valence-corrected chi connectivity index (χ3v) is 5.19. The van der Waals surface area contributed by atoms with Gasteiger partial charge in [-0.15, -0.1) is 0 Å². The minimum absolute atomic E-state index is 0.318. The van der Waals surface area contributed by atoms with Crippen LogP contribution in [-0.4, -0.2) is 54.1 Å². The highest BCUT2D eigenvalue weighted by atomic mass is 15.3. The van der Waals surface area contributed by atoms with Crippen molar-refractivity contribution in [2.45, 2.75) is 65.1 Å². The van der Waals surface area contributed by atoms with E-state index in [4.69, 9.17) is 5.73 Å². The molecule has 1 heterocycles. The van der Waals surface area contributed by atoms with Crippen LogP contribution in [0.4, 0.5) is 0 Å². The average molecular weight is 253 g/mol. The van der Waals surface area contributed by atoms with Crippen LogP contribution in [0.25, 0.3) is 0 Å². The maximum atomic E-state index is 6.53. The molecule has 1 aliphatic heterocycles. The molecule has 0 aromatic rings. The van der Waals surface area contributed by atoms with Crippen LogP contribution in [0.2, 0.25) is 0 Å². The van der Waals surface area contributed by atoms with Crippen molar-refractivity contribution in [1.82, 2.24) is 9.80 Å². The van der Waals surface area contributed by atoms with Crippen molar-refractivity contribution < 1.29 is 0 Å². The second-order valence-corrected chi connectivity index (χ2v) is 7.14. The first-order valence-corrected chi connectivity index (χ1v) is 7.65. The summed E-state index contributed by atoms with van der Waals surface area (Å²) < 4.78 is 0. The van der Waals surface area contributed by atoms with Crippen LogP contribution < -0.4 is 5.73 Å². The first-order valence-electron chi connectivity index (χ1n) is 7.65. The second kappa shape index (κ2) is 5.48. The van der Waals surface area contributed by atoms with E-state index in [2.05, 4.69) is 37.5 Å². The van der Waals surface area contributed by atoms with Gasteiger partial charge in [-0.3, -0.25) is 9.80 Å². The van der Waals surface area contributed by atoms with Crippen LogP contribution in [-0.2, 0) is 0 Å². The number of hydrogen-bond donors (Lipinski definition) is 1. The second-order valence-electron chi connectivity index (χ2n) is 7.14. The van der Waals surface area contributed by atoms with Crippen molar-refractivity contribution >= 4 is 0 Å². The summed E-state index contributed by atoms with van der Waals surface area (Å²) >= 11 is 0. The molecule has 0 radical (unpaired) electrons. The number of rotatable bonds is 2. The Balaban J connectivity index is 1.93. The van der Waals surface area contributed by atoms with Crippen LogP contribution in [0.1, 0.15) is 47.0 Å². The average Bonchev–Trinajstić information content (AvgIpc) is 2.33. The van der Waals surface area contributed by atoms with Crippen molar-refractivity contribution in [2.75, 3.05) is 26.2 Å². The van der Waals surface area contributed by atoms with Crippen LogP contribution in [0.15, 0.2) is 0 Å². The Labute approximate surface area is 113 Å². The van der Waals surface area contributed by atoms with Gasteiger partial charge in [0.25, 0.3) is 0 Å². The maximum Gasteiger partial charge on any atom is 0.0253 e. The Kier molecular flexibility index (Phi) is 4.35. The van der Waals surface area contributed by atoms with Crippen LogP contribution in [0.5, 0.6) is 0 Å². The minimum atomic E-state index is 0.318. The largest absolute Gasteiger partial charge is 0.326 e. The molecule has 2 fully saturated rings. The molecule has 18 heavy (non-hydrogen) atoms. The van der Waals surface area contributed by atoms with Gasteiger partial charge in [0.1, 0.15) is 0 Å². The van der Waals surface area contributed by atoms with Crippen molar-refractivity contribution in [1.29, 1.82) is 0 Å². The van der Waals surface area contributed by atoms with Crippen molar-refractivity contribution in [3.63, 3.8) is 0 Å². The smallest absolute Gasteiger partial charge is 0.0253 e. The van der Waals surface area contributed by atoms with Crippen molar-refractivity contribution in [3.05, 3.63) is 0 Å². The van der Waals surface area contributed by atoms with Gasteiger partial charge in [0.15, 0.2) is 0 Å². The first-order chi connectivity index (χ1) is 8.42. The van der Waals surface area contributed by atoms with Gasteiger partial charge in [-0.05, 0) is 32.1 Å². The van der Waals surface area contributed by atoms with E-state index in [1.807, 2.05) is 0 Å². The molecule has 2 aliphatic rings. The molecule has 0 aromatic heterocycles. The van der Waals surface area contributed by atoms with E-state index < -0.39 is 0 Å². The summed E-state index contributed by atoms with van der Waals surface area (Å²) in [4.78, 5) is 5.24. The minimum Gasteiger partial charge on any atom is -0.326 e. The zero-order valence-electron chi connectivity index (χ0n) is 12.7. The molecule has 3 nitrogen and oxygen atoms in total. The number of hydrogen-bond acceptors (Lipinski definition) is 3. The summed E-state index contributed by atoms with van der Waals surface area (Å²) in [6.07, 6.45) is 3.93. The molecule has 2 rings (SSSR count). The lowest BCUT2D eigenvalue weighted by Gasteiger charge is -2.49. The SMILES string of the molecule is CC(C)N1CCN(C2CCCC(C)(C)C2N)CC1. The predicted molar refractivity (Wildman–Crippen MR) is 77.7 cm³/mol. The molecule has 0 amide bonds. The molecule has 1 saturated heterocycles. The van der Waals surface area contributed by atoms with E-state index >= 15 is 0 Å². The fourth-order valence-electron chi connectivity index (χ4n) is 3.63. The van der Waals surface area contributed by atoms with Crippen LogP contribution in [0, 0.1) is 5.41 Å². The van der Waals surface area contributed by atoms with Crippen molar-refractivity contribution in [2.24, 2.45) is 11.1 Å². The molecule has 2 atom stereocenters. The third-order valence-electron chi connectivity index (χ3n) is 5.19. The first kappa shape index (κ1) is 14.3. The van der Waals surface area contributed by atoms with E-state index in [9.17, 15) is 0 Å². The van der Waals surface area contributed by atoms with E-state index in [1.165, 1.54) is 45.4 Å². The van der Waals surface area contributed by atoms with Crippen LogP contribution in [0.3, 0.4) is 0 Å². The van der Waals surface area contributed by atoms with Gasteiger partial charge >= 0.3 is 0 Å². The highest BCUT2D eigenvalue weighted by molar-refractivity contribution is 4.97. The summed E-state index contributed by atoms with van der Waals surface area (Å²) in [5.41, 5.74) is 6.84. The van der Waals surface area contributed by atoms with Gasteiger partial charge in [-0.25, -0.2) is 0 Å². The topological polar surface area (TPSA) is 32.5 Å². The summed E-state index contributed by atoms with van der Waals surface area (Å²) in [5.74, 6) is 0. The van der Waals surface area contributed by atoms with Crippen molar-refractivity contribution in [3.8, 4) is 0 Å². The molecular formula is C15H31N3. The zero-order valence-corrected chi connectivity index (χ0v) is 12.7.